The van der Waals surface area contributed by atoms with Crippen LogP contribution in [-0.4, -0.2) is 57.9 Å². The third kappa shape index (κ3) is 3.56. The van der Waals surface area contributed by atoms with Crippen LogP contribution in [0.2, 0.25) is 0 Å². The van der Waals surface area contributed by atoms with Crippen LogP contribution in [0.5, 0.6) is 0 Å². The summed E-state index contributed by atoms with van der Waals surface area (Å²) in [6.45, 7) is 2.42. The van der Waals surface area contributed by atoms with Crippen LogP contribution < -0.4 is 16.0 Å². The lowest BCUT2D eigenvalue weighted by atomic mass is 9.92. The van der Waals surface area contributed by atoms with Gasteiger partial charge in [0.15, 0.2) is 0 Å². The topological polar surface area (TPSA) is 136 Å². The monoisotopic (exact) mass is 436 g/mol. The molecule has 4 heterocycles. The molecule has 2 saturated heterocycles. The Bertz CT molecular complexity index is 1100. The normalized spacial score (nSPS) is 21.6. The average molecular weight is 436 g/mol. The number of hydrogen-bond donors (Lipinski definition) is 4. The maximum Gasteiger partial charge on any atom is 0.262 e. The maximum absolute atomic E-state index is 13.0. The quantitative estimate of drug-likeness (QED) is 0.511. The van der Waals surface area contributed by atoms with E-state index >= 15 is 0 Å². The number of piperidine rings is 2. The van der Waals surface area contributed by atoms with Crippen molar-refractivity contribution in [2.75, 3.05) is 18.4 Å². The van der Waals surface area contributed by atoms with Crippen molar-refractivity contribution in [1.29, 1.82) is 0 Å². The Balaban J connectivity index is 1.31. The molecular weight excluding hydrogens is 412 g/mol. The summed E-state index contributed by atoms with van der Waals surface area (Å²) in [6.07, 6.45) is 4.22. The zero-order chi connectivity index (χ0) is 22.2. The summed E-state index contributed by atoms with van der Waals surface area (Å²) in [4.78, 5) is 50.4. The minimum Gasteiger partial charge on any atom is -0.366 e. The molecule has 0 bridgehead atoms. The van der Waals surface area contributed by atoms with Crippen LogP contribution >= 0.6 is 0 Å². The van der Waals surface area contributed by atoms with E-state index in [0.29, 0.717) is 12.5 Å². The Kier molecular flexibility index (Phi) is 5.22. The summed E-state index contributed by atoms with van der Waals surface area (Å²) in [6, 6.07) is 4.15. The van der Waals surface area contributed by atoms with Gasteiger partial charge in [0.1, 0.15) is 11.9 Å². The lowest BCUT2D eigenvalue weighted by molar-refractivity contribution is -0.136. The summed E-state index contributed by atoms with van der Waals surface area (Å²) in [5.41, 5.74) is 2.55. The number of benzene rings is 1. The van der Waals surface area contributed by atoms with Gasteiger partial charge in [-0.15, -0.1) is 0 Å². The molecule has 1 atom stereocenters. The summed E-state index contributed by atoms with van der Waals surface area (Å²) >= 11 is 0. The molecule has 4 amide bonds. The van der Waals surface area contributed by atoms with Gasteiger partial charge >= 0.3 is 0 Å². The first kappa shape index (κ1) is 20.4. The Labute approximate surface area is 184 Å². The van der Waals surface area contributed by atoms with Gasteiger partial charge in [-0.3, -0.25) is 34.5 Å². The van der Waals surface area contributed by atoms with E-state index in [4.69, 9.17) is 0 Å². The van der Waals surface area contributed by atoms with Crippen LogP contribution in [-0.2, 0) is 16.1 Å². The van der Waals surface area contributed by atoms with E-state index in [2.05, 4.69) is 26.1 Å². The fourth-order valence-electron chi connectivity index (χ4n) is 4.70. The van der Waals surface area contributed by atoms with E-state index in [-0.39, 0.29) is 29.9 Å². The van der Waals surface area contributed by atoms with Crippen molar-refractivity contribution >= 4 is 29.4 Å². The summed E-state index contributed by atoms with van der Waals surface area (Å²) in [7, 11) is 0. The number of nitrogens with one attached hydrogen (secondary N) is 4. The Hall–Kier alpha value is -3.53. The molecule has 166 valence electrons. The fourth-order valence-corrected chi connectivity index (χ4v) is 4.70. The van der Waals surface area contributed by atoms with Crippen LogP contribution in [0, 0.1) is 0 Å². The predicted octanol–water partition coefficient (Wildman–Crippen LogP) is 0.890. The standard InChI is InChI=1S/C22H24N6O4/c29-18-4-3-17(20(30)26-18)28-21(31)14-2-1-12(9-15(14)22(28)32)10-24-19-16(11-25-27-19)13-5-7-23-8-6-13/h1-2,9,11,13,17,23H,3-8,10H2,(H2,24,25,27)(H,26,29,30). The van der Waals surface area contributed by atoms with Crippen molar-refractivity contribution in [2.45, 2.75) is 44.2 Å². The minimum atomic E-state index is -0.959. The molecule has 32 heavy (non-hydrogen) atoms. The van der Waals surface area contributed by atoms with Gasteiger partial charge in [-0.2, -0.15) is 5.10 Å². The van der Waals surface area contributed by atoms with E-state index in [0.717, 1.165) is 47.8 Å². The number of nitrogens with zero attached hydrogens (tertiary/aromatic N) is 2. The zero-order valence-corrected chi connectivity index (χ0v) is 17.4. The summed E-state index contributed by atoms with van der Waals surface area (Å²) in [5, 5.41) is 16.1. The lowest BCUT2D eigenvalue weighted by Gasteiger charge is -2.27. The molecule has 3 aliphatic rings. The van der Waals surface area contributed by atoms with E-state index in [1.807, 2.05) is 6.20 Å². The maximum atomic E-state index is 13.0. The van der Waals surface area contributed by atoms with Gasteiger partial charge in [0.25, 0.3) is 11.8 Å². The van der Waals surface area contributed by atoms with Gasteiger partial charge in [0.05, 0.1) is 17.3 Å². The SMILES string of the molecule is O=C1CCC(N2C(=O)c3ccc(CNc4[nH]ncc4C4CCNCC4)cc3C2=O)C(=O)N1. The molecular formula is C22H24N6O4. The molecule has 5 rings (SSSR count). The Morgan fingerprint density at radius 1 is 1.03 bits per heavy atom. The average Bonchev–Trinajstić information content (AvgIpc) is 3.36. The zero-order valence-electron chi connectivity index (χ0n) is 17.4. The van der Waals surface area contributed by atoms with Crippen LogP contribution in [0.15, 0.2) is 24.4 Å². The van der Waals surface area contributed by atoms with Gasteiger partial charge in [0, 0.05) is 18.5 Å². The highest BCUT2D eigenvalue weighted by atomic mass is 16.2. The predicted molar refractivity (Wildman–Crippen MR) is 114 cm³/mol. The number of aromatic nitrogens is 2. The molecule has 0 radical (unpaired) electrons. The van der Waals surface area contributed by atoms with Crippen molar-refractivity contribution in [2.24, 2.45) is 0 Å². The van der Waals surface area contributed by atoms with Gasteiger partial charge in [-0.05, 0) is 56.0 Å². The molecule has 1 aromatic heterocycles. The first-order valence-electron chi connectivity index (χ1n) is 10.9. The van der Waals surface area contributed by atoms with Crippen molar-refractivity contribution in [3.05, 3.63) is 46.6 Å². The number of fused-ring (bicyclic) bond motifs is 1. The molecule has 10 nitrogen and oxygen atoms in total. The van der Waals surface area contributed by atoms with E-state index in [1.54, 1.807) is 18.2 Å². The lowest BCUT2D eigenvalue weighted by Crippen LogP contribution is -2.54. The smallest absolute Gasteiger partial charge is 0.262 e. The molecule has 0 aliphatic carbocycles. The number of anilines is 1. The molecule has 4 N–H and O–H groups in total. The van der Waals surface area contributed by atoms with Gasteiger partial charge in [-0.25, -0.2) is 0 Å². The number of rotatable bonds is 5. The van der Waals surface area contributed by atoms with Crippen molar-refractivity contribution in [3.63, 3.8) is 0 Å². The molecule has 0 spiro atoms. The number of aromatic amines is 1. The third-order valence-corrected chi connectivity index (χ3v) is 6.42. The molecule has 10 heteroatoms. The number of imide groups is 2. The summed E-state index contributed by atoms with van der Waals surface area (Å²) in [5.74, 6) is -0.691. The summed E-state index contributed by atoms with van der Waals surface area (Å²) < 4.78 is 0. The molecule has 2 aromatic rings. The van der Waals surface area contributed by atoms with Crippen molar-refractivity contribution < 1.29 is 19.2 Å². The van der Waals surface area contributed by atoms with Crippen LogP contribution in [0.25, 0.3) is 0 Å². The van der Waals surface area contributed by atoms with E-state index in [1.165, 1.54) is 0 Å². The van der Waals surface area contributed by atoms with Crippen LogP contribution in [0.1, 0.15) is 63.4 Å². The molecule has 1 unspecified atom stereocenters. The number of hydrogen-bond acceptors (Lipinski definition) is 7. The molecule has 3 aliphatic heterocycles. The number of carbonyl (C=O) groups excluding carboxylic acids is 4. The van der Waals surface area contributed by atoms with E-state index < -0.39 is 23.8 Å². The fraction of sp³-hybridized carbons (Fsp3) is 0.409. The van der Waals surface area contributed by atoms with Gasteiger partial charge < -0.3 is 10.6 Å². The second-order valence-corrected chi connectivity index (χ2v) is 8.41. The van der Waals surface area contributed by atoms with Gasteiger partial charge in [0.2, 0.25) is 11.8 Å². The second kappa shape index (κ2) is 8.19. The highest BCUT2D eigenvalue weighted by molar-refractivity contribution is 6.23. The van der Waals surface area contributed by atoms with Gasteiger partial charge in [-0.1, -0.05) is 6.07 Å². The van der Waals surface area contributed by atoms with E-state index in [9.17, 15) is 19.2 Å². The van der Waals surface area contributed by atoms with Crippen LogP contribution in [0.3, 0.4) is 0 Å². The largest absolute Gasteiger partial charge is 0.366 e. The first-order valence-corrected chi connectivity index (χ1v) is 10.9. The molecule has 2 fully saturated rings. The van der Waals surface area contributed by atoms with Crippen molar-refractivity contribution in [1.82, 2.24) is 25.7 Å². The van der Waals surface area contributed by atoms with Crippen molar-refractivity contribution in [3.8, 4) is 0 Å². The first-order chi connectivity index (χ1) is 15.5. The highest BCUT2D eigenvalue weighted by Gasteiger charge is 2.44. The number of carbonyl (C=O) groups is 4. The third-order valence-electron chi connectivity index (χ3n) is 6.42. The van der Waals surface area contributed by atoms with Crippen LogP contribution in [0.4, 0.5) is 5.82 Å². The minimum absolute atomic E-state index is 0.0998. The second-order valence-electron chi connectivity index (χ2n) is 8.41. The molecule has 0 saturated carbocycles. The Morgan fingerprint density at radius 3 is 2.59 bits per heavy atom. The number of H-pyrrole nitrogens is 1. The number of amides is 4. The Morgan fingerprint density at radius 2 is 1.81 bits per heavy atom. The highest BCUT2D eigenvalue weighted by Crippen LogP contribution is 2.31. The molecule has 1 aromatic carbocycles.